The molecule has 0 atom stereocenters. The number of benzene rings is 2. The van der Waals surface area contributed by atoms with Gasteiger partial charge in [0.25, 0.3) is 0 Å². The summed E-state index contributed by atoms with van der Waals surface area (Å²) in [6, 6.07) is 17.9. The fraction of sp³-hybridized carbons (Fsp3) is 0.0769. The molecule has 78 valence electrons. The molecule has 0 radical (unpaired) electrons. The second kappa shape index (κ2) is 5.01. The van der Waals surface area contributed by atoms with E-state index in [1.165, 1.54) is 11.1 Å². The van der Waals surface area contributed by atoms with Crippen molar-refractivity contribution in [1.29, 1.82) is 0 Å². The van der Waals surface area contributed by atoms with E-state index in [-0.39, 0.29) is 0 Å². The highest BCUT2D eigenvalue weighted by molar-refractivity contribution is 5.39. The fourth-order valence-electron chi connectivity index (χ4n) is 1.56. The average Bonchev–Trinajstić information content (AvgIpc) is 2.33. The predicted octanol–water partition coefficient (Wildman–Crippen LogP) is 4.22. The molecule has 0 amide bonds. The smallest absolute Gasteiger partial charge is 0.0375 e. The van der Waals surface area contributed by atoms with E-state index < -0.39 is 0 Å². The van der Waals surface area contributed by atoms with Crippen LogP contribution in [0, 0.1) is 0 Å². The first kappa shape index (κ1) is 10.3. The lowest BCUT2D eigenvalue weighted by atomic mass is 10.1. The monoisotopic (exact) mass is 209 g/mol. The number of azide groups is 1. The first-order chi connectivity index (χ1) is 7.88. The van der Waals surface area contributed by atoms with Crippen LogP contribution in [0.2, 0.25) is 0 Å². The summed E-state index contributed by atoms with van der Waals surface area (Å²) in [4.78, 5) is 2.74. The predicted molar refractivity (Wildman–Crippen MR) is 64.5 cm³/mol. The summed E-state index contributed by atoms with van der Waals surface area (Å²) in [5, 5.41) is 3.54. The van der Waals surface area contributed by atoms with E-state index in [9.17, 15) is 0 Å². The highest BCUT2D eigenvalue weighted by atomic mass is 15.1. The zero-order valence-corrected chi connectivity index (χ0v) is 8.74. The van der Waals surface area contributed by atoms with Gasteiger partial charge in [-0.25, -0.2) is 0 Å². The number of hydrogen-bond donors (Lipinski definition) is 0. The van der Waals surface area contributed by atoms with Crippen molar-refractivity contribution >= 4 is 5.69 Å². The molecule has 0 aromatic heterocycles. The summed E-state index contributed by atoms with van der Waals surface area (Å²) in [6.45, 7) is 0. The third-order valence-corrected chi connectivity index (χ3v) is 2.35. The largest absolute Gasteiger partial charge is 0.0622 e. The van der Waals surface area contributed by atoms with Gasteiger partial charge in [0, 0.05) is 10.6 Å². The topological polar surface area (TPSA) is 48.8 Å². The van der Waals surface area contributed by atoms with Gasteiger partial charge < -0.3 is 0 Å². The van der Waals surface area contributed by atoms with Gasteiger partial charge in [-0.1, -0.05) is 59.7 Å². The van der Waals surface area contributed by atoms with Gasteiger partial charge >= 0.3 is 0 Å². The summed E-state index contributed by atoms with van der Waals surface area (Å²) < 4.78 is 0. The molecule has 0 heterocycles. The Morgan fingerprint density at radius 3 is 2.12 bits per heavy atom. The Balaban J connectivity index is 2.14. The molecule has 0 aliphatic heterocycles. The van der Waals surface area contributed by atoms with Crippen molar-refractivity contribution in [2.45, 2.75) is 6.42 Å². The molecule has 2 rings (SSSR count). The lowest BCUT2D eigenvalue weighted by molar-refractivity contribution is 1.19. The van der Waals surface area contributed by atoms with Crippen LogP contribution in [0.4, 0.5) is 5.69 Å². The van der Waals surface area contributed by atoms with Crippen LogP contribution in [-0.4, -0.2) is 0 Å². The molecule has 0 bridgehead atoms. The molecule has 0 aliphatic carbocycles. The maximum atomic E-state index is 8.28. The third kappa shape index (κ3) is 2.62. The van der Waals surface area contributed by atoms with Crippen molar-refractivity contribution in [2.24, 2.45) is 5.11 Å². The van der Waals surface area contributed by atoms with Crippen LogP contribution in [0.5, 0.6) is 0 Å². The highest BCUT2D eigenvalue weighted by Gasteiger charge is 1.95. The van der Waals surface area contributed by atoms with Gasteiger partial charge in [-0.15, -0.1) is 0 Å². The first-order valence-electron chi connectivity index (χ1n) is 5.06. The molecular weight excluding hydrogens is 198 g/mol. The molecule has 2 aromatic carbocycles. The minimum absolute atomic E-state index is 0.652. The molecule has 0 aliphatic rings. The minimum Gasteiger partial charge on any atom is -0.0622 e. The molecule has 16 heavy (non-hydrogen) atoms. The number of hydrogen-bond acceptors (Lipinski definition) is 1. The van der Waals surface area contributed by atoms with Gasteiger partial charge in [0.1, 0.15) is 0 Å². The van der Waals surface area contributed by atoms with Crippen molar-refractivity contribution < 1.29 is 0 Å². The minimum atomic E-state index is 0.652. The maximum absolute atomic E-state index is 8.28. The van der Waals surface area contributed by atoms with Crippen molar-refractivity contribution in [2.75, 3.05) is 0 Å². The van der Waals surface area contributed by atoms with Crippen molar-refractivity contribution in [3.8, 4) is 0 Å². The maximum Gasteiger partial charge on any atom is 0.0375 e. The molecule has 2 aromatic rings. The molecule has 0 saturated heterocycles. The van der Waals surface area contributed by atoms with Gasteiger partial charge in [0.05, 0.1) is 0 Å². The van der Waals surface area contributed by atoms with E-state index in [1.54, 1.807) is 0 Å². The summed E-state index contributed by atoms with van der Waals surface area (Å²) in [7, 11) is 0. The second-order valence-corrected chi connectivity index (χ2v) is 3.52. The summed E-state index contributed by atoms with van der Waals surface area (Å²) >= 11 is 0. The zero-order chi connectivity index (χ0) is 11.2. The lowest BCUT2D eigenvalue weighted by Crippen LogP contribution is -1.86. The second-order valence-electron chi connectivity index (χ2n) is 3.52. The highest BCUT2D eigenvalue weighted by Crippen LogP contribution is 2.15. The molecular formula is C13H11N3. The number of rotatable bonds is 3. The SMILES string of the molecule is [N-]=[N+]=Nc1ccc(Cc2ccccc2)cc1. The van der Waals surface area contributed by atoms with Gasteiger partial charge in [-0.2, -0.15) is 0 Å². The zero-order valence-electron chi connectivity index (χ0n) is 8.74. The van der Waals surface area contributed by atoms with Crippen LogP contribution < -0.4 is 0 Å². The molecule has 0 saturated carbocycles. The van der Waals surface area contributed by atoms with Crippen molar-refractivity contribution in [3.63, 3.8) is 0 Å². The van der Waals surface area contributed by atoms with E-state index in [1.807, 2.05) is 42.5 Å². The molecule has 3 nitrogen and oxygen atoms in total. The van der Waals surface area contributed by atoms with Crippen LogP contribution in [0.25, 0.3) is 10.4 Å². The Labute approximate surface area is 94.0 Å². The third-order valence-electron chi connectivity index (χ3n) is 2.35. The lowest BCUT2D eigenvalue weighted by Gasteiger charge is -2.01. The Morgan fingerprint density at radius 2 is 1.50 bits per heavy atom. The van der Waals surface area contributed by atoms with E-state index in [4.69, 9.17) is 5.53 Å². The van der Waals surface area contributed by atoms with Crippen LogP contribution >= 0.6 is 0 Å². The van der Waals surface area contributed by atoms with E-state index in [2.05, 4.69) is 22.2 Å². The Bertz CT molecular complexity index is 496. The fourth-order valence-corrected chi connectivity index (χ4v) is 1.56. The van der Waals surface area contributed by atoms with E-state index >= 15 is 0 Å². The number of nitrogens with zero attached hydrogens (tertiary/aromatic N) is 3. The summed E-state index contributed by atoms with van der Waals surface area (Å²) in [6.07, 6.45) is 0.900. The normalized spacial score (nSPS) is 9.50. The van der Waals surface area contributed by atoms with Crippen LogP contribution in [-0.2, 0) is 6.42 Å². The van der Waals surface area contributed by atoms with Gasteiger partial charge in [0.15, 0.2) is 0 Å². The van der Waals surface area contributed by atoms with Crippen molar-refractivity contribution in [3.05, 3.63) is 76.2 Å². The first-order valence-corrected chi connectivity index (χ1v) is 5.06. The average molecular weight is 209 g/mol. The van der Waals surface area contributed by atoms with Crippen LogP contribution in [0.1, 0.15) is 11.1 Å². The van der Waals surface area contributed by atoms with Gasteiger partial charge in [0.2, 0.25) is 0 Å². The summed E-state index contributed by atoms with van der Waals surface area (Å²) in [5.74, 6) is 0. The molecule has 0 fully saturated rings. The standard InChI is InChI=1S/C13H11N3/c14-16-15-13-8-6-12(7-9-13)10-11-4-2-1-3-5-11/h1-9H,10H2. The Hall–Kier alpha value is -2.25. The molecule has 0 N–H and O–H groups in total. The van der Waals surface area contributed by atoms with Gasteiger partial charge in [-0.3, -0.25) is 0 Å². The van der Waals surface area contributed by atoms with Crippen LogP contribution in [0.3, 0.4) is 0 Å². The molecule has 3 heteroatoms. The van der Waals surface area contributed by atoms with Gasteiger partial charge in [-0.05, 0) is 23.1 Å². The van der Waals surface area contributed by atoms with Crippen molar-refractivity contribution in [1.82, 2.24) is 0 Å². The Morgan fingerprint density at radius 1 is 0.875 bits per heavy atom. The molecule has 0 spiro atoms. The van der Waals surface area contributed by atoms with E-state index in [0.29, 0.717) is 5.69 Å². The quantitative estimate of drug-likeness (QED) is 0.413. The van der Waals surface area contributed by atoms with E-state index in [0.717, 1.165) is 6.42 Å². The van der Waals surface area contributed by atoms with Crippen LogP contribution in [0.15, 0.2) is 59.7 Å². The Kier molecular flexibility index (Phi) is 3.22. The molecule has 0 unspecified atom stereocenters. The summed E-state index contributed by atoms with van der Waals surface area (Å²) in [5.41, 5.74) is 11.4.